The van der Waals surface area contributed by atoms with E-state index in [1.54, 1.807) is 6.92 Å². The molecule has 19 heavy (non-hydrogen) atoms. The van der Waals surface area contributed by atoms with Gasteiger partial charge in [0, 0.05) is 13.0 Å². The molecule has 0 aromatic carbocycles. The lowest BCUT2D eigenvalue weighted by Crippen LogP contribution is -2.15. The lowest BCUT2D eigenvalue weighted by Gasteiger charge is -2.13. The van der Waals surface area contributed by atoms with Gasteiger partial charge in [-0.05, 0) is 13.3 Å². The zero-order valence-corrected chi connectivity index (χ0v) is 13.2. The topological polar surface area (TPSA) is 89.3 Å². The van der Waals surface area contributed by atoms with Gasteiger partial charge in [-0.25, -0.2) is 8.42 Å². The van der Waals surface area contributed by atoms with Gasteiger partial charge < -0.3 is 11.1 Å². The molecule has 0 saturated carbocycles. The summed E-state index contributed by atoms with van der Waals surface area (Å²) in [6, 6.07) is 0.115. The molecule has 1 aromatic rings. The van der Waals surface area contributed by atoms with Crippen molar-refractivity contribution in [3.8, 4) is 0 Å². The van der Waals surface area contributed by atoms with Crippen molar-refractivity contribution in [1.82, 2.24) is 0 Å². The van der Waals surface area contributed by atoms with Gasteiger partial charge in [0.2, 0.25) is 0 Å². The number of thiophene rings is 1. The first-order valence-corrected chi connectivity index (χ1v) is 8.63. The number of carbonyl (C=O) groups excluding carboxylic acids is 1. The Morgan fingerprint density at radius 3 is 2.42 bits per heavy atom. The van der Waals surface area contributed by atoms with Crippen molar-refractivity contribution in [2.75, 3.05) is 16.8 Å². The first-order chi connectivity index (χ1) is 8.74. The van der Waals surface area contributed by atoms with Gasteiger partial charge in [-0.3, -0.25) is 4.79 Å². The third-order valence-corrected chi connectivity index (χ3v) is 6.07. The summed E-state index contributed by atoms with van der Waals surface area (Å²) in [4.78, 5) is 11.9. The molecule has 1 aromatic heterocycles. The van der Waals surface area contributed by atoms with Gasteiger partial charge in [0.15, 0.2) is 15.6 Å². The molecule has 1 atom stereocenters. The number of Topliss-reactive ketones (excluding diaryl/α,β-unsaturated/α-hetero) is 1. The molecule has 0 radical (unpaired) electrons. The summed E-state index contributed by atoms with van der Waals surface area (Å²) in [7, 11) is -3.46. The molecule has 0 spiro atoms. The molecule has 0 amide bonds. The third-order valence-electron chi connectivity index (χ3n) is 2.90. The summed E-state index contributed by atoms with van der Waals surface area (Å²) in [5.41, 5.74) is 5.93. The minimum absolute atomic E-state index is 0.0412. The summed E-state index contributed by atoms with van der Waals surface area (Å²) in [6.07, 6.45) is 0.846. The van der Waals surface area contributed by atoms with Crippen LogP contribution in [0.4, 0.5) is 10.7 Å². The van der Waals surface area contributed by atoms with E-state index in [2.05, 4.69) is 5.32 Å². The van der Waals surface area contributed by atoms with E-state index in [9.17, 15) is 13.2 Å². The number of hydrogen-bond acceptors (Lipinski definition) is 6. The lowest BCUT2D eigenvalue weighted by atomic mass is 10.2. The van der Waals surface area contributed by atoms with Crippen LogP contribution in [0, 0.1) is 0 Å². The summed E-state index contributed by atoms with van der Waals surface area (Å²) in [5.74, 6) is -0.257. The van der Waals surface area contributed by atoms with E-state index < -0.39 is 9.84 Å². The fraction of sp³-hybridized carbons (Fsp3) is 0.583. The molecule has 108 valence electrons. The molecule has 0 bridgehead atoms. The molecule has 5 nitrogen and oxygen atoms in total. The van der Waals surface area contributed by atoms with Crippen LogP contribution < -0.4 is 11.1 Å². The second kappa shape index (κ2) is 5.92. The fourth-order valence-corrected chi connectivity index (χ4v) is 4.22. The van der Waals surface area contributed by atoms with Crippen molar-refractivity contribution >= 4 is 37.6 Å². The summed E-state index contributed by atoms with van der Waals surface area (Å²) in [6.45, 7) is 6.89. The predicted octanol–water partition coefficient (Wildman–Crippen LogP) is 2.54. The zero-order chi connectivity index (χ0) is 14.8. The molecule has 0 aliphatic carbocycles. The molecule has 7 heteroatoms. The molecular formula is C12H20N2O3S2. The number of rotatable bonds is 6. The van der Waals surface area contributed by atoms with Crippen LogP contribution in [0.25, 0.3) is 0 Å². The van der Waals surface area contributed by atoms with Gasteiger partial charge in [-0.1, -0.05) is 13.8 Å². The summed E-state index contributed by atoms with van der Waals surface area (Å²) < 4.78 is 24.2. The van der Waals surface area contributed by atoms with E-state index in [0.29, 0.717) is 9.88 Å². The van der Waals surface area contributed by atoms with Crippen LogP contribution >= 0.6 is 11.3 Å². The van der Waals surface area contributed by atoms with Gasteiger partial charge in [-0.2, -0.15) is 0 Å². The maximum atomic E-state index is 12.1. The molecule has 0 aliphatic heterocycles. The number of carbonyl (C=O) groups is 1. The van der Waals surface area contributed by atoms with Crippen LogP contribution in [0.1, 0.15) is 43.8 Å². The molecule has 1 unspecified atom stereocenters. The van der Waals surface area contributed by atoms with Crippen molar-refractivity contribution < 1.29 is 13.2 Å². The number of nitrogens with two attached hydrogens (primary N) is 1. The lowest BCUT2D eigenvalue weighted by molar-refractivity contribution is 0.102. The molecule has 1 heterocycles. The standard InChI is InChI=1S/C12H20N2O3S2/c1-5-7(3)14-12-11(19(16,17)6-2)9(13)10(18-12)8(4)15/h7,14H,5-6,13H2,1-4H3. The summed E-state index contributed by atoms with van der Waals surface area (Å²) >= 11 is 1.12. The molecule has 0 saturated heterocycles. The van der Waals surface area contributed by atoms with Crippen LogP contribution in [0.3, 0.4) is 0 Å². The highest BCUT2D eigenvalue weighted by atomic mass is 32.2. The Labute approximate surface area is 118 Å². The highest BCUT2D eigenvalue weighted by Gasteiger charge is 2.27. The quantitative estimate of drug-likeness (QED) is 0.788. The van der Waals surface area contributed by atoms with Gasteiger partial charge in [0.25, 0.3) is 0 Å². The average molecular weight is 304 g/mol. The van der Waals surface area contributed by atoms with Gasteiger partial charge >= 0.3 is 0 Å². The monoisotopic (exact) mass is 304 g/mol. The van der Waals surface area contributed by atoms with E-state index in [1.165, 1.54) is 6.92 Å². The van der Waals surface area contributed by atoms with Crippen LogP contribution in [0.2, 0.25) is 0 Å². The van der Waals surface area contributed by atoms with Crippen LogP contribution in [0.5, 0.6) is 0 Å². The van der Waals surface area contributed by atoms with Crippen LogP contribution in [0.15, 0.2) is 4.90 Å². The molecule has 1 rings (SSSR count). The first kappa shape index (κ1) is 16.0. The Balaban J connectivity index is 3.45. The van der Waals surface area contributed by atoms with E-state index in [1.807, 2.05) is 13.8 Å². The largest absolute Gasteiger partial charge is 0.396 e. The minimum Gasteiger partial charge on any atom is -0.396 e. The Morgan fingerprint density at radius 1 is 1.42 bits per heavy atom. The number of hydrogen-bond donors (Lipinski definition) is 2. The Kier molecular flexibility index (Phi) is 4.98. The molecule has 0 aliphatic rings. The van der Waals surface area contributed by atoms with Crippen LogP contribution in [-0.4, -0.2) is 26.0 Å². The molecular weight excluding hydrogens is 284 g/mol. The van der Waals surface area contributed by atoms with Crippen molar-refractivity contribution in [3.05, 3.63) is 4.88 Å². The second-order valence-corrected chi connectivity index (χ2v) is 7.65. The normalized spacial score (nSPS) is 13.3. The molecule has 0 fully saturated rings. The van der Waals surface area contributed by atoms with Crippen molar-refractivity contribution in [3.63, 3.8) is 0 Å². The Hall–Kier alpha value is -1.08. The number of nitrogens with one attached hydrogen (secondary N) is 1. The molecule has 3 N–H and O–H groups in total. The van der Waals surface area contributed by atoms with Gasteiger partial charge in [0.1, 0.15) is 9.90 Å². The highest BCUT2D eigenvalue weighted by Crippen LogP contribution is 2.40. The predicted molar refractivity (Wildman–Crippen MR) is 79.8 cm³/mol. The second-order valence-electron chi connectivity index (χ2n) is 4.42. The SMILES string of the molecule is CCC(C)Nc1sc(C(C)=O)c(N)c1S(=O)(=O)CC. The fourth-order valence-electron chi connectivity index (χ4n) is 1.56. The number of nitrogen functional groups attached to an aromatic ring is 1. The Morgan fingerprint density at radius 2 is 2.00 bits per heavy atom. The maximum Gasteiger partial charge on any atom is 0.183 e. The smallest absolute Gasteiger partial charge is 0.183 e. The van der Waals surface area contributed by atoms with Crippen molar-refractivity contribution in [2.24, 2.45) is 0 Å². The zero-order valence-electron chi connectivity index (χ0n) is 11.6. The maximum absolute atomic E-state index is 12.1. The van der Waals surface area contributed by atoms with E-state index in [0.717, 1.165) is 17.8 Å². The first-order valence-electron chi connectivity index (χ1n) is 6.17. The number of ketones is 1. The highest BCUT2D eigenvalue weighted by molar-refractivity contribution is 7.91. The Bertz CT molecular complexity index is 576. The van der Waals surface area contributed by atoms with Crippen LogP contribution in [-0.2, 0) is 9.84 Å². The summed E-state index contributed by atoms with van der Waals surface area (Å²) in [5, 5.41) is 3.60. The van der Waals surface area contributed by atoms with Crippen molar-refractivity contribution in [2.45, 2.75) is 45.1 Å². The minimum atomic E-state index is -3.46. The van der Waals surface area contributed by atoms with E-state index in [4.69, 9.17) is 5.73 Å². The van der Waals surface area contributed by atoms with E-state index in [-0.39, 0.29) is 28.2 Å². The third kappa shape index (κ3) is 3.27. The number of sulfone groups is 1. The van der Waals surface area contributed by atoms with Crippen molar-refractivity contribution in [1.29, 1.82) is 0 Å². The number of anilines is 2. The average Bonchev–Trinajstić information content (AvgIpc) is 2.66. The van der Waals surface area contributed by atoms with Gasteiger partial charge in [0.05, 0.1) is 16.3 Å². The van der Waals surface area contributed by atoms with E-state index >= 15 is 0 Å². The van der Waals surface area contributed by atoms with Gasteiger partial charge in [-0.15, -0.1) is 11.3 Å².